The Morgan fingerprint density at radius 1 is 1.31 bits per heavy atom. The van der Waals surface area contributed by atoms with E-state index in [0.29, 0.717) is 5.75 Å². The SMILES string of the molecule is COC(=O)O[B]Oc1ccccc1. The van der Waals surface area contributed by atoms with Gasteiger partial charge in [0.2, 0.25) is 0 Å². The van der Waals surface area contributed by atoms with Crippen molar-refractivity contribution in [3.05, 3.63) is 30.3 Å². The van der Waals surface area contributed by atoms with E-state index in [1.807, 2.05) is 6.07 Å². The topological polar surface area (TPSA) is 44.8 Å². The number of hydrogen-bond acceptors (Lipinski definition) is 4. The Bertz CT molecular complexity index is 262. The Balaban J connectivity index is 2.24. The average molecular weight is 179 g/mol. The summed E-state index contributed by atoms with van der Waals surface area (Å²) < 4.78 is 13.5. The molecular weight excluding hydrogens is 171 g/mol. The molecule has 0 aliphatic heterocycles. The Morgan fingerprint density at radius 3 is 2.62 bits per heavy atom. The van der Waals surface area contributed by atoms with Crippen LogP contribution in [0.1, 0.15) is 0 Å². The third-order valence-electron chi connectivity index (χ3n) is 1.24. The minimum atomic E-state index is -0.809. The molecule has 67 valence electrons. The lowest BCUT2D eigenvalue weighted by Gasteiger charge is -2.02. The summed E-state index contributed by atoms with van der Waals surface area (Å²) >= 11 is 0. The molecule has 1 aromatic carbocycles. The number of methoxy groups -OCH3 is 1. The molecule has 0 spiro atoms. The number of carbonyl (C=O) groups excluding carboxylic acids is 1. The van der Waals surface area contributed by atoms with Crippen molar-refractivity contribution in [3.63, 3.8) is 0 Å². The first-order valence-corrected chi connectivity index (χ1v) is 3.61. The first-order valence-electron chi connectivity index (χ1n) is 3.61. The molecule has 13 heavy (non-hydrogen) atoms. The minimum Gasteiger partial charge on any atom is -0.526 e. The van der Waals surface area contributed by atoms with Gasteiger partial charge in [-0.15, -0.1) is 0 Å². The first-order chi connectivity index (χ1) is 6.33. The fourth-order valence-electron chi connectivity index (χ4n) is 0.666. The molecule has 0 bridgehead atoms. The van der Waals surface area contributed by atoms with Gasteiger partial charge in [-0.2, -0.15) is 0 Å². The largest absolute Gasteiger partial charge is 0.662 e. The molecule has 0 fully saturated rings. The van der Waals surface area contributed by atoms with Crippen LogP contribution in [0.2, 0.25) is 0 Å². The van der Waals surface area contributed by atoms with Gasteiger partial charge in [0.05, 0.1) is 7.11 Å². The molecule has 4 nitrogen and oxygen atoms in total. The highest BCUT2D eigenvalue weighted by Crippen LogP contribution is 2.07. The molecule has 5 heteroatoms. The summed E-state index contributed by atoms with van der Waals surface area (Å²) in [7, 11) is 2.14. The van der Waals surface area contributed by atoms with Crippen LogP contribution >= 0.6 is 0 Å². The lowest BCUT2D eigenvalue weighted by molar-refractivity contribution is 0.118. The highest BCUT2D eigenvalue weighted by Gasteiger charge is 2.05. The van der Waals surface area contributed by atoms with Gasteiger partial charge in [-0.05, 0) is 12.1 Å². The van der Waals surface area contributed by atoms with Crippen LogP contribution in [0.25, 0.3) is 0 Å². The van der Waals surface area contributed by atoms with Crippen LogP contribution in [0.5, 0.6) is 5.75 Å². The summed E-state index contributed by atoms with van der Waals surface area (Å²) in [4.78, 5) is 10.4. The van der Waals surface area contributed by atoms with Crippen LogP contribution in [0.3, 0.4) is 0 Å². The maximum Gasteiger partial charge on any atom is 0.662 e. The summed E-state index contributed by atoms with van der Waals surface area (Å²) in [5, 5.41) is 0. The van der Waals surface area contributed by atoms with E-state index in [-0.39, 0.29) is 0 Å². The van der Waals surface area contributed by atoms with Gasteiger partial charge in [-0.25, -0.2) is 4.79 Å². The van der Waals surface area contributed by atoms with Crippen molar-refractivity contribution >= 4 is 13.8 Å². The molecule has 0 aromatic heterocycles. The Hall–Kier alpha value is -1.65. The molecule has 1 radical (unpaired) electrons. The van der Waals surface area contributed by atoms with Gasteiger partial charge in [0, 0.05) is 0 Å². The van der Waals surface area contributed by atoms with Crippen LogP contribution in [0.15, 0.2) is 30.3 Å². The van der Waals surface area contributed by atoms with Gasteiger partial charge in [0.1, 0.15) is 5.75 Å². The Morgan fingerprint density at radius 2 is 2.00 bits per heavy atom. The molecule has 1 rings (SSSR count). The van der Waals surface area contributed by atoms with Gasteiger partial charge in [0.25, 0.3) is 0 Å². The second-order valence-electron chi connectivity index (χ2n) is 2.10. The summed E-state index contributed by atoms with van der Waals surface area (Å²) in [6, 6.07) is 8.94. The Labute approximate surface area is 76.7 Å². The standard InChI is InChI=1S/C8H8BO4/c1-11-8(10)13-9-12-7-5-3-2-4-6-7/h2-6H,1H3. The summed E-state index contributed by atoms with van der Waals surface area (Å²) in [5.74, 6) is 0.589. The molecule has 0 saturated carbocycles. The molecule has 1 aromatic rings. The zero-order valence-electron chi connectivity index (χ0n) is 7.10. The number of carbonyl (C=O) groups is 1. The van der Waals surface area contributed by atoms with Crippen LogP contribution in [0, 0.1) is 0 Å². The quantitative estimate of drug-likeness (QED) is 0.519. The van der Waals surface area contributed by atoms with E-state index in [9.17, 15) is 4.79 Å². The fraction of sp³-hybridized carbons (Fsp3) is 0.125. The van der Waals surface area contributed by atoms with E-state index >= 15 is 0 Å². The maximum atomic E-state index is 10.4. The molecule has 0 aliphatic carbocycles. The normalized spacial score (nSPS) is 8.69. The van der Waals surface area contributed by atoms with Gasteiger partial charge in [-0.3, -0.25) is 0 Å². The van der Waals surface area contributed by atoms with E-state index in [1.165, 1.54) is 7.11 Å². The Kier molecular flexibility index (Phi) is 3.69. The monoisotopic (exact) mass is 179 g/mol. The van der Waals surface area contributed by atoms with Gasteiger partial charge in [-0.1, -0.05) is 18.2 Å². The second-order valence-corrected chi connectivity index (χ2v) is 2.10. The van der Waals surface area contributed by atoms with Crippen LogP contribution in [0.4, 0.5) is 4.79 Å². The van der Waals surface area contributed by atoms with Crippen molar-refractivity contribution in [3.8, 4) is 5.75 Å². The number of ether oxygens (including phenoxy) is 1. The second kappa shape index (κ2) is 5.08. The number of para-hydroxylation sites is 1. The van der Waals surface area contributed by atoms with Crippen molar-refractivity contribution < 1.29 is 18.8 Å². The smallest absolute Gasteiger partial charge is 0.526 e. The predicted molar refractivity (Wildman–Crippen MR) is 46.3 cm³/mol. The predicted octanol–water partition coefficient (Wildman–Crippen LogP) is 1.38. The van der Waals surface area contributed by atoms with Gasteiger partial charge < -0.3 is 14.0 Å². The lowest BCUT2D eigenvalue weighted by Crippen LogP contribution is -2.13. The molecule has 0 saturated heterocycles. The van der Waals surface area contributed by atoms with E-state index in [0.717, 1.165) is 7.69 Å². The summed E-state index contributed by atoms with van der Waals surface area (Å²) in [5.41, 5.74) is 0. The third kappa shape index (κ3) is 3.51. The highest BCUT2D eigenvalue weighted by molar-refractivity contribution is 6.22. The molecule has 0 heterocycles. The summed E-state index contributed by atoms with van der Waals surface area (Å²) in [6.45, 7) is 0. The first kappa shape index (κ1) is 9.44. The van der Waals surface area contributed by atoms with E-state index in [2.05, 4.69) is 9.39 Å². The van der Waals surface area contributed by atoms with Crippen LogP contribution in [-0.4, -0.2) is 21.0 Å². The zero-order chi connectivity index (χ0) is 9.52. The average Bonchev–Trinajstić information content (AvgIpc) is 2.19. The maximum absolute atomic E-state index is 10.4. The zero-order valence-corrected chi connectivity index (χ0v) is 7.10. The number of rotatable bonds is 3. The van der Waals surface area contributed by atoms with Crippen molar-refractivity contribution in [2.24, 2.45) is 0 Å². The summed E-state index contributed by atoms with van der Waals surface area (Å²) in [6.07, 6.45) is -0.809. The molecule has 0 aliphatic rings. The van der Waals surface area contributed by atoms with Crippen molar-refractivity contribution in [2.75, 3.05) is 7.11 Å². The number of benzene rings is 1. The third-order valence-corrected chi connectivity index (χ3v) is 1.24. The fourth-order valence-corrected chi connectivity index (χ4v) is 0.666. The molecule has 0 amide bonds. The minimum absolute atomic E-state index is 0.589. The van der Waals surface area contributed by atoms with Gasteiger partial charge >= 0.3 is 13.8 Å². The van der Waals surface area contributed by atoms with E-state index in [1.54, 1.807) is 24.3 Å². The van der Waals surface area contributed by atoms with Crippen molar-refractivity contribution in [1.29, 1.82) is 0 Å². The lowest BCUT2D eigenvalue weighted by atomic mass is 10.3. The van der Waals surface area contributed by atoms with Crippen LogP contribution < -0.4 is 4.65 Å². The van der Waals surface area contributed by atoms with Crippen molar-refractivity contribution in [1.82, 2.24) is 0 Å². The van der Waals surface area contributed by atoms with Gasteiger partial charge in [0.15, 0.2) is 0 Å². The highest BCUT2D eigenvalue weighted by atomic mass is 16.7. The molecule has 0 unspecified atom stereocenters. The molecule has 0 N–H and O–H groups in total. The number of hydrogen-bond donors (Lipinski definition) is 0. The van der Waals surface area contributed by atoms with E-state index < -0.39 is 6.16 Å². The van der Waals surface area contributed by atoms with E-state index in [4.69, 9.17) is 4.65 Å². The van der Waals surface area contributed by atoms with Crippen LogP contribution in [-0.2, 0) is 9.39 Å². The molecular formula is C8H8BO4. The molecule has 0 atom stereocenters. The van der Waals surface area contributed by atoms with Crippen molar-refractivity contribution in [2.45, 2.75) is 0 Å².